The number of carbonyl (C=O) groups is 1. The highest BCUT2D eigenvalue weighted by molar-refractivity contribution is 6.30. The van der Waals surface area contributed by atoms with E-state index in [1.165, 1.54) is 6.20 Å². The van der Waals surface area contributed by atoms with Crippen molar-refractivity contribution in [3.8, 4) is 6.07 Å². The number of carbonyl (C=O) groups excluding carboxylic acids is 1. The average molecular weight is 341 g/mol. The molecule has 1 aromatic heterocycles. The monoisotopic (exact) mass is 340 g/mol. The van der Waals surface area contributed by atoms with Crippen LogP contribution in [0, 0.1) is 11.3 Å². The van der Waals surface area contributed by atoms with Crippen LogP contribution in [-0.2, 0) is 0 Å². The minimum Gasteiger partial charge on any atom is -0.346 e. The number of nitriles is 1. The molecule has 3 rings (SSSR count). The van der Waals surface area contributed by atoms with E-state index in [4.69, 9.17) is 16.9 Å². The zero-order chi connectivity index (χ0) is 17.1. The molecule has 1 N–H and O–H groups in total. The summed E-state index contributed by atoms with van der Waals surface area (Å²) in [4.78, 5) is 18.7. The van der Waals surface area contributed by atoms with E-state index >= 15 is 0 Å². The summed E-state index contributed by atoms with van der Waals surface area (Å²) in [5, 5.41) is 12.6. The maximum absolute atomic E-state index is 12.4. The van der Waals surface area contributed by atoms with Gasteiger partial charge in [-0.15, -0.1) is 0 Å². The number of hydrogen-bond acceptors (Lipinski definition) is 4. The van der Waals surface area contributed by atoms with Gasteiger partial charge in [0.2, 0.25) is 0 Å². The summed E-state index contributed by atoms with van der Waals surface area (Å²) in [6.45, 7) is 0.902. The Morgan fingerprint density at radius 2 is 2.08 bits per heavy atom. The number of aromatic nitrogens is 1. The normalized spacial score (nSPS) is 20.5. The Kier molecular flexibility index (Phi) is 4.79. The van der Waals surface area contributed by atoms with Crippen LogP contribution in [0.15, 0.2) is 42.6 Å². The summed E-state index contributed by atoms with van der Waals surface area (Å²) in [5.74, 6) is -0.223. The molecule has 6 heteroatoms. The first-order valence-electron chi connectivity index (χ1n) is 7.71. The third-order valence-electron chi connectivity index (χ3n) is 4.30. The molecule has 0 bridgehead atoms. The quantitative estimate of drug-likeness (QED) is 0.932. The van der Waals surface area contributed by atoms with Crippen molar-refractivity contribution in [3.05, 3.63) is 64.4 Å². The number of likely N-dealkylation sites (tertiary alicyclic amines) is 1. The fourth-order valence-corrected chi connectivity index (χ4v) is 3.21. The number of benzene rings is 1. The van der Waals surface area contributed by atoms with E-state index in [0.717, 1.165) is 18.5 Å². The lowest BCUT2D eigenvalue weighted by atomic mass is 10.00. The summed E-state index contributed by atoms with van der Waals surface area (Å²) >= 11 is 5.97. The van der Waals surface area contributed by atoms with Crippen molar-refractivity contribution in [2.24, 2.45) is 0 Å². The lowest BCUT2D eigenvalue weighted by Gasteiger charge is -2.26. The minimum absolute atomic E-state index is 0.00104. The lowest BCUT2D eigenvalue weighted by Crippen LogP contribution is -2.39. The second kappa shape index (κ2) is 7.00. The van der Waals surface area contributed by atoms with Crippen LogP contribution >= 0.6 is 11.6 Å². The molecule has 1 aliphatic rings. The van der Waals surface area contributed by atoms with E-state index in [9.17, 15) is 4.79 Å². The van der Waals surface area contributed by atoms with Gasteiger partial charge in [-0.3, -0.25) is 9.69 Å². The highest BCUT2D eigenvalue weighted by Crippen LogP contribution is 2.31. The van der Waals surface area contributed by atoms with Crippen LogP contribution in [0.3, 0.4) is 0 Å². The molecule has 1 aromatic carbocycles. The molecule has 1 fully saturated rings. The fourth-order valence-electron chi connectivity index (χ4n) is 3.08. The van der Waals surface area contributed by atoms with Crippen molar-refractivity contribution >= 4 is 17.5 Å². The van der Waals surface area contributed by atoms with Gasteiger partial charge < -0.3 is 5.32 Å². The number of nitrogens with zero attached hydrogens (tertiary/aromatic N) is 3. The van der Waals surface area contributed by atoms with Crippen molar-refractivity contribution < 1.29 is 4.79 Å². The maximum atomic E-state index is 12.4. The summed E-state index contributed by atoms with van der Waals surface area (Å²) in [7, 11) is 2.05. The third kappa shape index (κ3) is 3.40. The van der Waals surface area contributed by atoms with Crippen LogP contribution in [0.1, 0.15) is 34.1 Å². The van der Waals surface area contributed by atoms with E-state index in [1.54, 1.807) is 12.1 Å². The molecule has 2 heterocycles. The molecule has 0 spiro atoms. The van der Waals surface area contributed by atoms with Crippen molar-refractivity contribution in [3.63, 3.8) is 0 Å². The van der Waals surface area contributed by atoms with E-state index < -0.39 is 0 Å². The largest absolute Gasteiger partial charge is 0.346 e. The molecular weight excluding hydrogens is 324 g/mol. The van der Waals surface area contributed by atoms with Gasteiger partial charge in [-0.2, -0.15) is 5.26 Å². The molecule has 1 saturated heterocycles. The third-order valence-corrected chi connectivity index (χ3v) is 4.55. The lowest BCUT2D eigenvalue weighted by molar-refractivity contribution is 0.0922. The van der Waals surface area contributed by atoms with Crippen molar-refractivity contribution in [1.82, 2.24) is 15.2 Å². The first-order chi connectivity index (χ1) is 11.6. The smallest absolute Gasteiger partial charge is 0.270 e. The van der Waals surface area contributed by atoms with Gasteiger partial charge in [-0.1, -0.05) is 23.7 Å². The van der Waals surface area contributed by atoms with E-state index in [1.807, 2.05) is 37.4 Å². The van der Waals surface area contributed by atoms with Crippen LogP contribution in [0.2, 0.25) is 5.02 Å². The van der Waals surface area contributed by atoms with Crippen molar-refractivity contribution in [2.45, 2.75) is 18.5 Å². The maximum Gasteiger partial charge on any atom is 0.270 e. The molecular formula is C18H17ClN4O. The zero-order valence-electron chi connectivity index (χ0n) is 13.2. The van der Waals surface area contributed by atoms with E-state index in [-0.39, 0.29) is 18.0 Å². The predicted molar refractivity (Wildman–Crippen MR) is 91.6 cm³/mol. The second-order valence-electron chi connectivity index (χ2n) is 5.89. The highest BCUT2D eigenvalue weighted by atomic mass is 35.5. The van der Waals surface area contributed by atoms with Gasteiger partial charge in [0.05, 0.1) is 17.6 Å². The number of rotatable bonds is 3. The van der Waals surface area contributed by atoms with E-state index in [0.29, 0.717) is 16.3 Å². The number of hydrogen-bond donors (Lipinski definition) is 1. The van der Waals surface area contributed by atoms with Gasteiger partial charge in [-0.05, 0) is 43.3 Å². The average Bonchev–Trinajstić information content (AvgIpc) is 2.96. The first-order valence-corrected chi connectivity index (χ1v) is 8.09. The van der Waals surface area contributed by atoms with Gasteiger partial charge >= 0.3 is 0 Å². The van der Waals surface area contributed by atoms with Gasteiger partial charge in [0.25, 0.3) is 5.91 Å². The first kappa shape index (κ1) is 16.4. The Hall–Kier alpha value is -2.42. The van der Waals surface area contributed by atoms with Crippen molar-refractivity contribution in [1.29, 1.82) is 5.26 Å². The molecule has 0 radical (unpaired) electrons. The Morgan fingerprint density at radius 1 is 1.33 bits per heavy atom. The zero-order valence-corrected chi connectivity index (χ0v) is 14.0. The Morgan fingerprint density at radius 3 is 2.71 bits per heavy atom. The molecule has 122 valence electrons. The summed E-state index contributed by atoms with van der Waals surface area (Å²) in [6.07, 6.45) is 2.28. The van der Waals surface area contributed by atoms with Crippen LogP contribution in [0.4, 0.5) is 0 Å². The standard InChI is InChI=1S/C18H17ClN4O/c1-23-9-8-15(17(23)13-3-5-14(19)6-4-13)22-18(24)16-7-2-12(10-20)11-21-16/h2-7,11,15,17H,8-9H2,1H3,(H,22,24)/t15-,17+/m1/s1. The molecule has 0 unspecified atom stereocenters. The van der Waals surface area contributed by atoms with Gasteiger partial charge in [0.1, 0.15) is 11.8 Å². The van der Waals surface area contributed by atoms with Crippen LogP contribution in [-0.4, -0.2) is 35.4 Å². The van der Waals surface area contributed by atoms with Crippen molar-refractivity contribution in [2.75, 3.05) is 13.6 Å². The fraction of sp³-hybridized carbons (Fsp3) is 0.278. The number of pyridine rings is 1. The van der Waals surface area contributed by atoms with Crippen LogP contribution < -0.4 is 5.32 Å². The molecule has 5 nitrogen and oxygen atoms in total. The highest BCUT2D eigenvalue weighted by Gasteiger charge is 2.34. The molecule has 1 amide bonds. The molecule has 0 saturated carbocycles. The number of halogens is 1. The van der Waals surface area contributed by atoms with Gasteiger partial charge in [0.15, 0.2) is 0 Å². The van der Waals surface area contributed by atoms with Gasteiger partial charge in [0, 0.05) is 17.8 Å². The molecule has 2 aromatic rings. The number of likely N-dealkylation sites (N-methyl/N-ethyl adjacent to an activating group) is 1. The molecule has 24 heavy (non-hydrogen) atoms. The van der Waals surface area contributed by atoms with Gasteiger partial charge in [-0.25, -0.2) is 4.98 Å². The van der Waals surface area contributed by atoms with Crippen LogP contribution in [0.25, 0.3) is 0 Å². The number of amides is 1. The molecule has 1 aliphatic heterocycles. The molecule has 2 atom stereocenters. The Labute approximate surface area is 145 Å². The molecule has 0 aliphatic carbocycles. The summed E-state index contributed by atoms with van der Waals surface area (Å²) in [5.41, 5.74) is 1.88. The van der Waals surface area contributed by atoms with E-state index in [2.05, 4.69) is 15.2 Å². The van der Waals surface area contributed by atoms with Crippen LogP contribution in [0.5, 0.6) is 0 Å². The number of nitrogens with one attached hydrogen (secondary N) is 1. The Bertz CT molecular complexity index is 767. The summed E-state index contributed by atoms with van der Waals surface area (Å²) in [6, 6.07) is 13.0. The second-order valence-corrected chi connectivity index (χ2v) is 6.33. The summed E-state index contributed by atoms with van der Waals surface area (Å²) < 4.78 is 0. The minimum atomic E-state index is -0.223. The predicted octanol–water partition coefficient (Wildman–Crippen LogP) is 2.78. The topological polar surface area (TPSA) is 69.0 Å². The Balaban J connectivity index is 1.76. The SMILES string of the molecule is CN1CC[C@@H](NC(=O)c2ccc(C#N)cn2)[C@@H]1c1ccc(Cl)cc1.